The van der Waals surface area contributed by atoms with E-state index in [9.17, 15) is 4.79 Å². The highest BCUT2D eigenvalue weighted by molar-refractivity contribution is 5.77. The van der Waals surface area contributed by atoms with Gasteiger partial charge in [0.2, 0.25) is 5.91 Å². The fraction of sp³-hybridized carbons (Fsp3) is 0.562. The lowest BCUT2D eigenvalue weighted by Gasteiger charge is -2.28. The fourth-order valence-corrected chi connectivity index (χ4v) is 2.63. The molecule has 1 aliphatic heterocycles. The number of amides is 1. The molecule has 1 saturated heterocycles. The van der Waals surface area contributed by atoms with E-state index in [0.29, 0.717) is 13.0 Å². The first-order valence-corrected chi connectivity index (χ1v) is 7.61. The molecule has 0 bridgehead atoms. The predicted octanol–water partition coefficient (Wildman–Crippen LogP) is 1.84. The van der Waals surface area contributed by atoms with Gasteiger partial charge in [-0.05, 0) is 31.4 Å². The van der Waals surface area contributed by atoms with E-state index in [1.165, 1.54) is 6.42 Å². The number of carbonyl (C=O) groups excluding carboxylic acids is 1. The van der Waals surface area contributed by atoms with Crippen LogP contribution in [0.25, 0.3) is 0 Å². The summed E-state index contributed by atoms with van der Waals surface area (Å²) in [5.41, 5.74) is 6.73. The van der Waals surface area contributed by atoms with Crippen LogP contribution < -0.4 is 15.8 Å². The molecule has 1 fully saturated rings. The molecule has 0 aliphatic carbocycles. The number of nitrogens with zero attached hydrogens (tertiary/aromatic N) is 1. The van der Waals surface area contributed by atoms with Crippen LogP contribution in [0.2, 0.25) is 0 Å². The van der Waals surface area contributed by atoms with Crippen LogP contribution in [0.4, 0.5) is 5.69 Å². The molecule has 21 heavy (non-hydrogen) atoms. The Kier molecular flexibility index (Phi) is 5.87. The van der Waals surface area contributed by atoms with Gasteiger partial charge in [-0.15, -0.1) is 0 Å². The normalized spacial score (nSPS) is 16.4. The van der Waals surface area contributed by atoms with Gasteiger partial charge in [0.15, 0.2) is 0 Å². The van der Waals surface area contributed by atoms with Crippen molar-refractivity contribution in [2.75, 3.05) is 32.1 Å². The van der Waals surface area contributed by atoms with E-state index in [-0.39, 0.29) is 11.9 Å². The molecule has 3 N–H and O–H groups in total. The quantitative estimate of drug-likeness (QED) is 0.839. The van der Waals surface area contributed by atoms with Crippen LogP contribution in [0.1, 0.15) is 25.7 Å². The summed E-state index contributed by atoms with van der Waals surface area (Å²) in [7, 11) is 1.64. The maximum atomic E-state index is 12.3. The molecule has 0 aromatic heterocycles. The van der Waals surface area contributed by atoms with Crippen molar-refractivity contribution in [2.45, 2.75) is 31.7 Å². The Hall–Kier alpha value is -1.75. The van der Waals surface area contributed by atoms with Gasteiger partial charge in [-0.3, -0.25) is 4.79 Å². The average Bonchev–Trinajstić information content (AvgIpc) is 2.55. The van der Waals surface area contributed by atoms with E-state index < -0.39 is 0 Å². The largest absolute Gasteiger partial charge is 0.497 e. The van der Waals surface area contributed by atoms with Gasteiger partial charge in [-0.25, -0.2) is 0 Å². The summed E-state index contributed by atoms with van der Waals surface area (Å²) >= 11 is 0. The number of hydrogen-bond donors (Lipinski definition) is 2. The summed E-state index contributed by atoms with van der Waals surface area (Å²) in [6.07, 6.45) is 3.89. The van der Waals surface area contributed by atoms with Crippen LogP contribution in [0.5, 0.6) is 5.75 Å². The number of carbonyl (C=O) groups is 1. The van der Waals surface area contributed by atoms with Crippen molar-refractivity contribution in [2.24, 2.45) is 5.73 Å². The predicted molar refractivity (Wildman–Crippen MR) is 84.5 cm³/mol. The van der Waals surface area contributed by atoms with E-state index in [0.717, 1.165) is 37.4 Å². The Labute approximate surface area is 126 Å². The average molecular weight is 291 g/mol. The molecular formula is C16H25N3O2. The summed E-state index contributed by atoms with van der Waals surface area (Å²) in [5, 5.41) is 3.32. The van der Waals surface area contributed by atoms with Crippen LogP contribution in [0.3, 0.4) is 0 Å². The van der Waals surface area contributed by atoms with Crippen LogP contribution >= 0.6 is 0 Å². The Morgan fingerprint density at radius 3 is 2.81 bits per heavy atom. The van der Waals surface area contributed by atoms with E-state index in [1.807, 2.05) is 29.2 Å². The van der Waals surface area contributed by atoms with Gasteiger partial charge in [-0.2, -0.15) is 0 Å². The Morgan fingerprint density at radius 2 is 2.14 bits per heavy atom. The van der Waals surface area contributed by atoms with Crippen molar-refractivity contribution in [3.63, 3.8) is 0 Å². The van der Waals surface area contributed by atoms with Gasteiger partial charge in [0.25, 0.3) is 0 Å². The molecule has 1 aromatic carbocycles. The van der Waals surface area contributed by atoms with E-state index in [1.54, 1.807) is 7.11 Å². The van der Waals surface area contributed by atoms with Gasteiger partial charge < -0.3 is 20.7 Å². The maximum Gasteiger partial charge on any atom is 0.224 e. The topological polar surface area (TPSA) is 67.6 Å². The van der Waals surface area contributed by atoms with Crippen molar-refractivity contribution in [3.05, 3.63) is 24.3 Å². The van der Waals surface area contributed by atoms with E-state index >= 15 is 0 Å². The fourth-order valence-electron chi connectivity index (χ4n) is 2.63. The molecule has 1 heterocycles. The molecule has 1 aliphatic rings. The summed E-state index contributed by atoms with van der Waals surface area (Å²) in [6.45, 7) is 2.20. The molecule has 1 unspecified atom stereocenters. The summed E-state index contributed by atoms with van der Waals surface area (Å²) in [4.78, 5) is 14.2. The van der Waals surface area contributed by atoms with Crippen molar-refractivity contribution < 1.29 is 9.53 Å². The Balaban J connectivity index is 1.91. The maximum absolute atomic E-state index is 12.3. The molecule has 0 saturated carbocycles. The van der Waals surface area contributed by atoms with Crippen LogP contribution in [-0.4, -0.2) is 43.6 Å². The van der Waals surface area contributed by atoms with Crippen LogP contribution in [-0.2, 0) is 4.79 Å². The van der Waals surface area contributed by atoms with Crippen molar-refractivity contribution in [3.8, 4) is 5.75 Å². The number of likely N-dealkylation sites (tertiary alicyclic amines) is 1. The number of nitrogens with one attached hydrogen (secondary N) is 1. The molecule has 1 amide bonds. The molecule has 1 aromatic rings. The number of ether oxygens (including phenoxy) is 1. The number of anilines is 1. The third-order valence-corrected chi connectivity index (χ3v) is 3.85. The number of nitrogens with two attached hydrogens (primary N) is 1. The zero-order chi connectivity index (χ0) is 15.1. The molecule has 116 valence electrons. The zero-order valence-electron chi connectivity index (χ0n) is 12.7. The molecule has 1 atom stereocenters. The Morgan fingerprint density at radius 1 is 1.38 bits per heavy atom. The number of rotatable bonds is 6. The van der Waals surface area contributed by atoms with Crippen molar-refractivity contribution >= 4 is 11.6 Å². The molecule has 0 spiro atoms. The van der Waals surface area contributed by atoms with Gasteiger partial charge in [0.05, 0.1) is 7.11 Å². The number of piperidine rings is 1. The number of methoxy groups -OCH3 is 1. The lowest BCUT2D eigenvalue weighted by Crippen LogP contribution is -2.40. The standard InChI is InChI=1S/C16H25N3O2/c1-21-15-7-5-6-13(10-15)18-14(12-17)11-16(20)19-8-3-2-4-9-19/h5-7,10,14,18H,2-4,8-9,11-12,17H2,1H3. The summed E-state index contributed by atoms with van der Waals surface area (Å²) < 4.78 is 5.20. The third kappa shape index (κ3) is 4.63. The van der Waals surface area contributed by atoms with Crippen molar-refractivity contribution in [1.29, 1.82) is 0 Å². The van der Waals surface area contributed by atoms with Gasteiger partial charge in [-0.1, -0.05) is 6.07 Å². The minimum absolute atomic E-state index is 0.0495. The highest BCUT2D eigenvalue weighted by atomic mass is 16.5. The molecule has 5 nitrogen and oxygen atoms in total. The smallest absolute Gasteiger partial charge is 0.224 e. The molecular weight excluding hydrogens is 266 g/mol. The molecule has 5 heteroatoms. The van der Waals surface area contributed by atoms with Gasteiger partial charge in [0, 0.05) is 43.9 Å². The first-order valence-electron chi connectivity index (χ1n) is 7.61. The van der Waals surface area contributed by atoms with E-state index in [4.69, 9.17) is 10.5 Å². The van der Waals surface area contributed by atoms with E-state index in [2.05, 4.69) is 5.32 Å². The second kappa shape index (κ2) is 7.88. The number of benzene rings is 1. The lowest BCUT2D eigenvalue weighted by atomic mass is 10.1. The summed E-state index contributed by atoms with van der Waals surface area (Å²) in [5.74, 6) is 0.985. The summed E-state index contributed by atoms with van der Waals surface area (Å²) in [6, 6.07) is 7.62. The lowest BCUT2D eigenvalue weighted by molar-refractivity contribution is -0.132. The monoisotopic (exact) mass is 291 g/mol. The van der Waals surface area contributed by atoms with Gasteiger partial charge >= 0.3 is 0 Å². The zero-order valence-corrected chi connectivity index (χ0v) is 12.7. The molecule has 0 radical (unpaired) electrons. The number of hydrogen-bond acceptors (Lipinski definition) is 4. The highest BCUT2D eigenvalue weighted by Gasteiger charge is 2.20. The van der Waals surface area contributed by atoms with Crippen molar-refractivity contribution in [1.82, 2.24) is 4.90 Å². The Bertz CT molecular complexity index is 459. The highest BCUT2D eigenvalue weighted by Crippen LogP contribution is 2.18. The van der Waals surface area contributed by atoms with Crippen LogP contribution in [0.15, 0.2) is 24.3 Å². The third-order valence-electron chi connectivity index (χ3n) is 3.85. The first kappa shape index (κ1) is 15.6. The van der Waals surface area contributed by atoms with Crippen LogP contribution in [0, 0.1) is 0 Å². The first-order chi connectivity index (χ1) is 10.2. The second-order valence-electron chi connectivity index (χ2n) is 5.45. The minimum Gasteiger partial charge on any atom is -0.497 e. The second-order valence-corrected chi connectivity index (χ2v) is 5.45. The molecule has 2 rings (SSSR count). The SMILES string of the molecule is COc1cccc(NC(CN)CC(=O)N2CCCCC2)c1. The minimum atomic E-state index is -0.0495. The van der Waals surface area contributed by atoms with Gasteiger partial charge in [0.1, 0.15) is 5.75 Å².